The molecule has 0 bridgehead atoms. The maximum absolute atomic E-state index is 12.2. The summed E-state index contributed by atoms with van der Waals surface area (Å²) in [5.41, 5.74) is 4.28. The number of ether oxygens (including phenoxy) is 2. The molecule has 34 heavy (non-hydrogen) atoms. The zero-order chi connectivity index (χ0) is 24.2. The summed E-state index contributed by atoms with van der Waals surface area (Å²) in [5.74, 6) is 0.657. The van der Waals surface area contributed by atoms with Crippen LogP contribution in [0.5, 0.6) is 17.2 Å². The number of Topliss-reactive ketones (excluding diaryl/α,β-unsaturated/α-hetero) is 1. The number of amides is 1. The summed E-state index contributed by atoms with van der Waals surface area (Å²) in [6.07, 6.45) is 6.32. The number of esters is 1. The van der Waals surface area contributed by atoms with Crippen molar-refractivity contribution in [2.45, 2.75) is 65.2 Å². The molecule has 0 saturated heterocycles. The van der Waals surface area contributed by atoms with Crippen LogP contribution in [0.1, 0.15) is 61.3 Å². The van der Waals surface area contributed by atoms with Crippen molar-refractivity contribution in [3.8, 4) is 17.2 Å². The highest BCUT2D eigenvalue weighted by molar-refractivity contribution is 6.37. The van der Waals surface area contributed by atoms with Gasteiger partial charge < -0.3 is 19.9 Å². The van der Waals surface area contributed by atoms with Gasteiger partial charge in [-0.2, -0.15) is 0 Å². The van der Waals surface area contributed by atoms with Crippen LogP contribution in [-0.2, 0) is 38.4 Å². The Balaban J connectivity index is 1.53. The maximum Gasteiger partial charge on any atom is 0.397 e. The number of carbonyl (C=O) groups is 3. The fraction of sp³-hybridized carbons (Fsp3) is 0.444. The van der Waals surface area contributed by atoms with Crippen molar-refractivity contribution in [1.82, 2.24) is 0 Å². The molecule has 0 spiro atoms. The number of benzene rings is 2. The fourth-order valence-corrected chi connectivity index (χ4v) is 4.96. The lowest BCUT2D eigenvalue weighted by Gasteiger charge is -2.18. The van der Waals surface area contributed by atoms with Crippen LogP contribution < -0.4 is 10.1 Å². The van der Waals surface area contributed by atoms with E-state index in [1.54, 1.807) is 19.1 Å². The summed E-state index contributed by atoms with van der Waals surface area (Å²) >= 11 is 0. The van der Waals surface area contributed by atoms with Crippen LogP contribution >= 0.6 is 0 Å². The van der Waals surface area contributed by atoms with E-state index in [0.29, 0.717) is 42.4 Å². The van der Waals surface area contributed by atoms with Crippen molar-refractivity contribution in [3.05, 3.63) is 46.5 Å². The number of ketones is 1. The summed E-state index contributed by atoms with van der Waals surface area (Å²) in [5, 5.41) is 13.0. The van der Waals surface area contributed by atoms with Gasteiger partial charge in [0.25, 0.3) is 0 Å². The Hall–Kier alpha value is -3.35. The molecule has 2 aromatic rings. The maximum atomic E-state index is 12.2. The van der Waals surface area contributed by atoms with Gasteiger partial charge in [-0.1, -0.05) is 0 Å². The van der Waals surface area contributed by atoms with Crippen molar-refractivity contribution >= 4 is 23.3 Å². The Kier molecular flexibility index (Phi) is 7.20. The molecule has 0 aliphatic heterocycles. The second kappa shape index (κ2) is 10.3. The number of hydrogen-bond donors (Lipinski definition) is 2. The number of nitrogens with one attached hydrogen (secondary N) is 1. The molecule has 1 unspecified atom stereocenters. The quantitative estimate of drug-likeness (QED) is 0.451. The van der Waals surface area contributed by atoms with Gasteiger partial charge in [0.15, 0.2) is 0 Å². The van der Waals surface area contributed by atoms with Gasteiger partial charge in [-0.25, -0.2) is 4.79 Å². The Morgan fingerprint density at radius 2 is 1.94 bits per heavy atom. The zero-order valence-corrected chi connectivity index (χ0v) is 19.7. The summed E-state index contributed by atoms with van der Waals surface area (Å²) in [6, 6.07) is 7.08. The van der Waals surface area contributed by atoms with Crippen LogP contribution in [0.2, 0.25) is 0 Å². The van der Waals surface area contributed by atoms with E-state index in [1.165, 1.54) is 0 Å². The van der Waals surface area contributed by atoms with Gasteiger partial charge in [0.1, 0.15) is 23.0 Å². The van der Waals surface area contributed by atoms with Crippen LogP contribution in [0.4, 0.5) is 5.69 Å². The molecule has 0 radical (unpaired) electrons. The Labute approximate surface area is 199 Å². The topological polar surface area (TPSA) is 102 Å². The summed E-state index contributed by atoms with van der Waals surface area (Å²) in [6.45, 7) is 3.71. The standard InChI is InChI=1S/C27H31NO6/c1-3-33-27(32)26(31)28-23-13-16(2)25(22-6-4-5-21(22)23)34-20-11-12-24(30)18(15-20)9-7-17-8-10-19(29)14-17/h11-13,15,17,30H,3-10,14H2,1-2H3,(H,28,31). The van der Waals surface area contributed by atoms with E-state index in [2.05, 4.69) is 5.32 Å². The molecule has 2 aliphatic rings. The lowest BCUT2D eigenvalue weighted by Crippen LogP contribution is -2.25. The number of hydrogen-bond acceptors (Lipinski definition) is 6. The van der Waals surface area contributed by atoms with E-state index in [9.17, 15) is 19.5 Å². The number of anilines is 1. The molecule has 1 amide bonds. The number of phenolic OH excluding ortho intramolecular Hbond substituents is 1. The second-order valence-corrected chi connectivity index (χ2v) is 9.13. The molecular formula is C27H31NO6. The zero-order valence-electron chi connectivity index (χ0n) is 19.7. The van der Waals surface area contributed by atoms with Gasteiger partial charge >= 0.3 is 11.9 Å². The minimum atomic E-state index is -0.897. The van der Waals surface area contributed by atoms with Gasteiger partial charge in [0, 0.05) is 24.1 Å². The Morgan fingerprint density at radius 3 is 2.68 bits per heavy atom. The van der Waals surface area contributed by atoms with Gasteiger partial charge in [0.2, 0.25) is 0 Å². The smallest absolute Gasteiger partial charge is 0.397 e. The minimum Gasteiger partial charge on any atom is -0.508 e. The molecule has 2 aromatic carbocycles. The van der Waals surface area contributed by atoms with Gasteiger partial charge in [-0.3, -0.25) is 9.59 Å². The van der Waals surface area contributed by atoms with Crippen molar-refractivity contribution < 1.29 is 29.0 Å². The highest BCUT2D eigenvalue weighted by atomic mass is 16.5. The van der Waals surface area contributed by atoms with Crippen LogP contribution in [0.25, 0.3) is 0 Å². The van der Waals surface area contributed by atoms with Crippen LogP contribution in [0, 0.1) is 12.8 Å². The third-order valence-electron chi connectivity index (χ3n) is 6.69. The monoisotopic (exact) mass is 465 g/mol. The number of fused-ring (bicyclic) bond motifs is 1. The third kappa shape index (κ3) is 5.24. The van der Waals surface area contributed by atoms with Crippen molar-refractivity contribution in [2.24, 2.45) is 5.92 Å². The number of rotatable bonds is 7. The molecule has 1 saturated carbocycles. The highest BCUT2D eigenvalue weighted by Crippen LogP contribution is 2.41. The highest BCUT2D eigenvalue weighted by Gasteiger charge is 2.26. The normalized spacial score (nSPS) is 16.9. The second-order valence-electron chi connectivity index (χ2n) is 9.13. The molecule has 1 fully saturated rings. The van der Waals surface area contributed by atoms with E-state index < -0.39 is 11.9 Å². The average molecular weight is 466 g/mol. The SMILES string of the molecule is CCOC(=O)C(=O)Nc1cc(C)c(Oc2ccc(O)c(CCC3CCC(=O)C3)c2)c2c1CCC2. The van der Waals surface area contributed by atoms with Crippen molar-refractivity contribution in [1.29, 1.82) is 0 Å². The lowest BCUT2D eigenvalue weighted by atomic mass is 9.97. The molecule has 7 nitrogen and oxygen atoms in total. The van der Waals surface area contributed by atoms with E-state index in [1.807, 2.05) is 19.1 Å². The first kappa shape index (κ1) is 23.8. The van der Waals surface area contributed by atoms with E-state index in [-0.39, 0.29) is 12.4 Å². The fourth-order valence-electron chi connectivity index (χ4n) is 4.96. The molecular weight excluding hydrogens is 434 g/mol. The molecule has 2 N–H and O–H groups in total. The predicted octanol–water partition coefficient (Wildman–Crippen LogP) is 4.79. The summed E-state index contributed by atoms with van der Waals surface area (Å²) < 4.78 is 11.1. The lowest BCUT2D eigenvalue weighted by molar-refractivity contribution is -0.152. The first-order chi connectivity index (χ1) is 16.4. The van der Waals surface area contributed by atoms with Crippen molar-refractivity contribution in [3.63, 3.8) is 0 Å². The van der Waals surface area contributed by atoms with Gasteiger partial charge in [-0.15, -0.1) is 0 Å². The Bertz CT molecular complexity index is 1120. The van der Waals surface area contributed by atoms with Crippen LogP contribution in [0.15, 0.2) is 24.3 Å². The molecule has 1 atom stereocenters. The first-order valence-corrected chi connectivity index (χ1v) is 12.0. The third-order valence-corrected chi connectivity index (χ3v) is 6.69. The van der Waals surface area contributed by atoms with E-state index >= 15 is 0 Å². The largest absolute Gasteiger partial charge is 0.508 e. The summed E-state index contributed by atoms with van der Waals surface area (Å²) in [4.78, 5) is 35.5. The van der Waals surface area contributed by atoms with Crippen LogP contribution in [0.3, 0.4) is 0 Å². The molecule has 7 heteroatoms. The molecule has 4 rings (SSSR count). The van der Waals surface area contributed by atoms with Gasteiger partial charge in [0.05, 0.1) is 6.61 Å². The molecule has 0 aromatic heterocycles. The Morgan fingerprint density at radius 1 is 1.15 bits per heavy atom. The van der Waals surface area contributed by atoms with Crippen molar-refractivity contribution in [2.75, 3.05) is 11.9 Å². The number of aryl methyl sites for hydroxylation is 2. The first-order valence-electron chi connectivity index (χ1n) is 12.0. The molecule has 180 valence electrons. The van der Waals surface area contributed by atoms with Crippen LogP contribution in [-0.4, -0.2) is 29.4 Å². The summed E-state index contributed by atoms with van der Waals surface area (Å²) in [7, 11) is 0. The van der Waals surface area contributed by atoms with E-state index in [0.717, 1.165) is 60.1 Å². The molecule has 0 heterocycles. The predicted molar refractivity (Wildman–Crippen MR) is 127 cm³/mol. The average Bonchev–Trinajstić information content (AvgIpc) is 3.46. The van der Waals surface area contributed by atoms with Gasteiger partial charge in [-0.05, 0) is 99.2 Å². The minimum absolute atomic E-state index is 0.142. The van der Waals surface area contributed by atoms with E-state index in [4.69, 9.17) is 9.47 Å². The number of aromatic hydroxyl groups is 1. The number of carbonyl (C=O) groups excluding carboxylic acids is 3. The number of phenols is 1. The molecule has 2 aliphatic carbocycles.